The average Bonchev–Trinajstić information content (AvgIpc) is 2.78. The lowest BCUT2D eigenvalue weighted by atomic mass is 10.1. The molecule has 4 nitrogen and oxygen atoms in total. The Balaban J connectivity index is 1.63. The summed E-state index contributed by atoms with van der Waals surface area (Å²) in [5.41, 5.74) is 8.24. The van der Waals surface area contributed by atoms with E-state index in [1.54, 1.807) is 0 Å². The van der Waals surface area contributed by atoms with Gasteiger partial charge >= 0.3 is 0 Å². The first-order valence-corrected chi connectivity index (χ1v) is 9.93. The van der Waals surface area contributed by atoms with Gasteiger partial charge in [-0.15, -0.1) is 0 Å². The lowest BCUT2D eigenvalue weighted by Crippen LogP contribution is -2.08. The predicted octanol–water partition coefficient (Wildman–Crippen LogP) is 6.19. The van der Waals surface area contributed by atoms with E-state index in [4.69, 9.17) is 4.42 Å². The number of benzene rings is 3. The van der Waals surface area contributed by atoms with E-state index in [1.165, 1.54) is 5.56 Å². The molecule has 0 spiro atoms. The number of aryl methyl sites for hydroxylation is 2. The number of para-hydroxylation sites is 1. The molecule has 0 bridgehead atoms. The Kier molecular flexibility index (Phi) is 4.52. The fourth-order valence-electron chi connectivity index (χ4n) is 3.48. The van der Waals surface area contributed by atoms with Gasteiger partial charge in [0.15, 0.2) is 0 Å². The normalized spacial score (nSPS) is 11.9. The largest absolute Gasteiger partial charge is 0.456 e. The van der Waals surface area contributed by atoms with Gasteiger partial charge in [-0.2, -0.15) is 5.10 Å². The highest BCUT2D eigenvalue weighted by molar-refractivity contribution is 5.80. The Hall–Kier alpha value is -3.92. The number of hydrogen-bond acceptors (Lipinski definition) is 4. The van der Waals surface area contributed by atoms with Gasteiger partial charge < -0.3 is 4.42 Å². The van der Waals surface area contributed by atoms with Crippen LogP contribution in [0.4, 0.5) is 5.82 Å². The molecule has 0 saturated carbocycles. The van der Waals surface area contributed by atoms with Crippen LogP contribution in [-0.4, -0.2) is 4.98 Å². The number of pyridine rings is 1. The van der Waals surface area contributed by atoms with E-state index in [2.05, 4.69) is 59.7 Å². The smallest absolute Gasteiger partial charge is 0.146 e. The van der Waals surface area contributed by atoms with Crippen LogP contribution in [0.25, 0.3) is 33.2 Å². The highest BCUT2D eigenvalue weighted by Gasteiger charge is 2.07. The minimum atomic E-state index is 0.701. The van der Waals surface area contributed by atoms with Crippen LogP contribution >= 0.6 is 0 Å². The summed E-state index contributed by atoms with van der Waals surface area (Å²) in [5, 5.41) is 7.55. The van der Waals surface area contributed by atoms with Gasteiger partial charge in [0.1, 0.15) is 17.2 Å². The Labute approximate surface area is 174 Å². The van der Waals surface area contributed by atoms with Gasteiger partial charge in [-0.25, -0.2) is 4.98 Å². The van der Waals surface area contributed by atoms with Crippen LogP contribution in [0.15, 0.2) is 94.4 Å². The van der Waals surface area contributed by atoms with Gasteiger partial charge in [0, 0.05) is 22.4 Å². The molecule has 30 heavy (non-hydrogen) atoms. The molecule has 3 aromatic carbocycles. The zero-order valence-electron chi connectivity index (χ0n) is 16.9. The summed E-state index contributed by atoms with van der Waals surface area (Å²) in [5.74, 6) is 1.48. The third kappa shape index (κ3) is 3.55. The molecule has 0 amide bonds. The molecule has 1 N–H and O–H groups in total. The third-order valence-corrected chi connectivity index (χ3v) is 5.12. The fraction of sp³-hybridized carbons (Fsp3) is 0.0769. The van der Waals surface area contributed by atoms with Crippen LogP contribution in [0.1, 0.15) is 11.1 Å². The summed E-state index contributed by atoms with van der Waals surface area (Å²) in [4.78, 5) is 4.65. The molecule has 2 aromatic heterocycles. The molecule has 0 aliphatic carbocycles. The van der Waals surface area contributed by atoms with E-state index in [0.717, 1.165) is 44.1 Å². The molecular formula is C26H21N3O. The topological polar surface area (TPSA) is 50.4 Å². The molecule has 0 radical (unpaired) electrons. The molecule has 2 heterocycles. The van der Waals surface area contributed by atoms with Crippen LogP contribution in [0, 0.1) is 13.8 Å². The first-order valence-electron chi connectivity index (χ1n) is 9.93. The Morgan fingerprint density at radius 1 is 0.800 bits per heavy atom. The Morgan fingerprint density at radius 3 is 2.47 bits per heavy atom. The summed E-state index contributed by atoms with van der Waals surface area (Å²) < 4.78 is 6.19. The molecule has 5 rings (SSSR count). The van der Waals surface area contributed by atoms with Crippen LogP contribution in [0.2, 0.25) is 0 Å². The average molecular weight is 391 g/mol. The summed E-state index contributed by atoms with van der Waals surface area (Å²) >= 11 is 0. The number of fused-ring (bicyclic) bond motifs is 2. The van der Waals surface area contributed by atoms with Crippen molar-refractivity contribution in [3.63, 3.8) is 0 Å². The van der Waals surface area contributed by atoms with E-state index in [-0.39, 0.29) is 0 Å². The minimum absolute atomic E-state index is 0.701. The van der Waals surface area contributed by atoms with E-state index >= 15 is 0 Å². The minimum Gasteiger partial charge on any atom is -0.456 e. The predicted molar refractivity (Wildman–Crippen MR) is 122 cm³/mol. The van der Waals surface area contributed by atoms with Crippen molar-refractivity contribution in [1.82, 2.24) is 4.98 Å². The molecule has 0 saturated heterocycles. The lowest BCUT2D eigenvalue weighted by molar-refractivity contribution is 0.618. The van der Waals surface area contributed by atoms with Crippen molar-refractivity contribution in [2.45, 2.75) is 13.8 Å². The van der Waals surface area contributed by atoms with E-state index in [0.29, 0.717) is 5.82 Å². The zero-order valence-corrected chi connectivity index (χ0v) is 16.9. The standard InChI is InChI=1S/C26H21N3O/c1-17-7-10-20(11-8-17)25-16-23(21-15-18(2)9-13-24(21)30-25)28-29-26-14-12-19-5-3-4-6-22(19)27-26/h3-16H,1-2H3,(H,27,29). The number of anilines is 1. The molecule has 146 valence electrons. The molecule has 0 aliphatic heterocycles. The molecule has 0 fully saturated rings. The molecule has 4 heteroatoms. The van der Waals surface area contributed by atoms with Gasteiger partial charge in [0.2, 0.25) is 0 Å². The number of hydrogen-bond donors (Lipinski definition) is 1. The summed E-state index contributed by atoms with van der Waals surface area (Å²) in [7, 11) is 0. The van der Waals surface area contributed by atoms with Gasteiger partial charge in [0.25, 0.3) is 0 Å². The fourth-order valence-corrected chi connectivity index (χ4v) is 3.48. The molecule has 0 unspecified atom stereocenters. The second-order valence-electron chi connectivity index (χ2n) is 7.47. The van der Waals surface area contributed by atoms with Crippen LogP contribution < -0.4 is 10.8 Å². The summed E-state index contributed by atoms with van der Waals surface area (Å²) in [6, 6.07) is 28.4. The van der Waals surface area contributed by atoms with Crippen LogP contribution in [0.3, 0.4) is 0 Å². The zero-order chi connectivity index (χ0) is 20.5. The Morgan fingerprint density at radius 2 is 1.60 bits per heavy atom. The van der Waals surface area contributed by atoms with E-state index in [9.17, 15) is 0 Å². The first kappa shape index (κ1) is 18.1. The number of aromatic nitrogens is 1. The third-order valence-electron chi connectivity index (χ3n) is 5.12. The Bertz CT molecular complexity index is 1430. The van der Waals surface area contributed by atoms with Gasteiger partial charge in [0.05, 0.1) is 10.9 Å². The second-order valence-corrected chi connectivity index (χ2v) is 7.47. The van der Waals surface area contributed by atoms with Gasteiger partial charge in [-0.05, 0) is 44.2 Å². The summed E-state index contributed by atoms with van der Waals surface area (Å²) in [6.45, 7) is 4.14. The van der Waals surface area contributed by atoms with Crippen molar-refractivity contribution in [3.8, 4) is 11.3 Å². The van der Waals surface area contributed by atoms with E-state index in [1.807, 2.05) is 54.6 Å². The monoisotopic (exact) mass is 391 g/mol. The molecule has 5 aromatic rings. The summed E-state index contributed by atoms with van der Waals surface area (Å²) in [6.07, 6.45) is 0. The number of rotatable bonds is 3. The van der Waals surface area contributed by atoms with Crippen molar-refractivity contribution < 1.29 is 4.42 Å². The quantitative estimate of drug-likeness (QED) is 0.373. The highest BCUT2D eigenvalue weighted by Crippen LogP contribution is 2.23. The molecular weight excluding hydrogens is 370 g/mol. The van der Waals surface area contributed by atoms with Crippen molar-refractivity contribution in [2.75, 3.05) is 5.43 Å². The van der Waals surface area contributed by atoms with E-state index < -0.39 is 0 Å². The maximum atomic E-state index is 6.19. The van der Waals surface area contributed by atoms with Gasteiger partial charge in [-0.3, -0.25) is 5.43 Å². The van der Waals surface area contributed by atoms with Crippen molar-refractivity contribution in [1.29, 1.82) is 0 Å². The maximum absolute atomic E-state index is 6.19. The highest BCUT2D eigenvalue weighted by atomic mass is 16.3. The second kappa shape index (κ2) is 7.48. The number of nitrogens with one attached hydrogen (secondary N) is 1. The van der Waals surface area contributed by atoms with Crippen LogP contribution in [-0.2, 0) is 0 Å². The lowest BCUT2D eigenvalue weighted by Gasteiger charge is -2.07. The van der Waals surface area contributed by atoms with Gasteiger partial charge in [-0.1, -0.05) is 59.7 Å². The van der Waals surface area contributed by atoms with Crippen LogP contribution in [0.5, 0.6) is 0 Å². The first-order chi connectivity index (χ1) is 14.7. The number of nitrogens with zero attached hydrogens (tertiary/aromatic N) is 2. The molecule has 0 atom stereocenters. The SMILES string of the molecule is Cc1ccc(-c2cc(=NNc3ccc4ccccc4n3)c3cc(C)ccc3o2)cc1. The van der Waals surface area contributed by atoms with Crippen molar-refractivity contribution in [2.24, 2.45) is 5.10 Å². The van der Waals surface area contributed by atoms with Crippen molar-refractivity contribution >= 4 is 27.7 Å². The van der Waals surface area contributed by atoms with Crippen molar-refractivity contribution in [3.05, 3.63) is 101 Å². The molecule has 0 aliphatic rings. The maximum Gasteiger partial charge on any atom is 0.146 e.